The van der Waals surface area contributed by atoms with Gasteiger partial charge in [-0.3, -0.25) is 0 Å². The Morgan fingerprint density at radius 2 is 1.57 bits per heavy atom. The molecule has 2 aromatic carbocycles. The van der Waals surface area contributed by atoms with Crippen molar-refractivity contribution >= 4 is 31.6 Å². The first-order chi connectivity index (χ1) is 9.62. The Morgan fingerprint density at radius 1 is 1.00 bits per heavy atom. The summed E-state index contributed by atoms with van der Waals surface area (Å²) in [4.78, 5) is -0.926. The molecule has 0 fully saturated rings. The topological polar surface area (TPSA) is 91.3 Å². The van der Waals surface area contributed by atoms with E-state index in [0.717, 1.165) is 6.07 Å². The fraction of sp³-hybridized carbons (Fsp3) is 0.0769. The first kappa shape index (κ1) is 23.6. The van der Waals surface area contributed by atoms with Crippen molar-refractivity contribution in [1.82, 2.24) is 0 Å². The molecule has 23 heavy (non-hydrogen) atoms. The van der Waals surface area contributed by atoms with Crippen molar-refractivity contribution in [1.29, 1.82) is 0 Å². The van der Waals surface area contributed by atoms with E-state index in [1.54, 1.807) is 0 Å². The maximum atomic E-state index is 12.4. The fourth-order valence-electron chi connectivity index (χ4n) is 1.71. The molecule has 0 saturated carbocycles. The molecule has 0 bridgehead atoms. The van der Waals surface area contributed by atoms with Crippen LogP contribution in [-0.2, 0) is 20.0 Å². The Morgan fingerprint density at radius 3 is 2.04 bits per heavy atom. The van der Waals surface area contributed by atoms with Gasteiger partial charge < -0.3 is 4.55 Å². The summed E-state index contributed by atoms with van der Waals surface area (Å²) in [6.45, 7) is 1.41. The molecule has 2 rings (SSSR count). The second-order valence-electron chi connectivity index (χ2n) is 4.26. The molecule has 5 nitrogen and oxygen atoms in total. The molecule has 0 spiro atoms. The van der Waals surface area contributed by atoms with Crippen LogP contribution in [0.15, 0.2) is 51.1 Å². The minimum atomic E-state index is -4.75. The third-order valence-electron chi connectivity index (χ3n) is 2.80. The maximum absolute atomic E-state index is 12.4. The van der Waals surface area contributed by atoms with Crippen LogP contribution in [0, 0.1) is 13.0 Å². The molecule has 0 N–H and O–H groups in total. The van der Waals surface area contributed by atoms with Crippen LogP contribution in [0.4, 0.5) is 0 Å². The molecular weight excluding hydrogens is 382 g/mol. The number of sulfone groups is 1. The van der Waals surface area contributed by atoms with Crippen LogP contribution in [0.25, 0.3) is 0 Å². The van der Waals surface area contributed by atoms with E-state index >= 15 is 0 Å². The van der Waals surface area contributed by atoms with Gasteiger partial charge in [-0.05, 0) is 29.5 Å². The van der Waals surface area contributed by atoms with Crippen LogP contribution in [0.1, 0.15) is 5.56 Å². The molecule has 2 aromatic rings. The van der Waals surface area contributed by atoms with Gasteiger partial charge in [-0.2, -0.15) is 24.3 Å². The van der Waals surface area contributed by atoms with Gasteiger partial charge in [0.1, 0.15) is 10.1 Å². The van der Waals surface area contributed by atoms with Crippen molar-refractivity contribution in [2.45, 2.75) is 21.6 Å². The Kier molecular flexibility index (Phi) is 9.03. The van der Waals surface area contributed by atoms with Gasteiger partial charge in [0.15, 0.2) is 9.84 Å². The molecule has 0 aliphatic heterocycles. The molecule has 0 atom stereocenters. The van der Waals surface area contributed by atoms with E-state index in [0.29, 0.717) is 0 Å². The SMILES string of the molecule is Cc1ccc(S(=O)(=O)c2c[c-]c(Cl)cc2)cc1S(=O)(=O)[O-].[Na+].[Na+]. The molecule has 0 aliphatic rings. The number of benzene rings is 2. The van der Waals surface area contributed by atoms with E-state index in [2.05, 4.69) is 6.07 Å². The summed E-state index contributed by atoms with van der Waals surface area (Å²) >= 11 is 5.64. The minimum absolute atomic E-state index is 0. The summed E-state index contributed by atoms with van der Waals surface area (Å²) < 4.78 is 58.2. The summed E-state index contributed by atoms with van der Waals surface area (Å²) in [6.07, 6.45) is 0. The number of halogens is 1. The van der Waals surface area contributed by atoms with E-state index in [-0.39, 0.29) is 79.5 Å². The smallest absolute Gasteiger partial charge is 0.744 e. The quantitative estimate of drug-likeness (QED) is 0.304. The molecule has 0 unspecified atom stereocenters. The zero-order valence-corrected chi connectivity index (χ0v) is 19.1. The predicted molar refractivity (Wildman–Crippen MR) is 74.9 cm³/mol. The summed E-state index contributed by atoms with van der Waals surface area (Å²) in [5.74, 6) is 0. The Labute approximate surface area is 184 Å². The summed E-state index contributed by atoms with van der Waals surface area (Å²) in [5, 5.41) is 0.251. The Hall–Kier alpha value is 0.590. The average Bonchev–Trinajstić information content (AvgIpc) is 2.38. The number of rotatable bonds is 3. The summed E-state index contributed by atoms with van der Waals surface area (Å²) in [5.41, 5.74) is 0.187. The van der Waals surface area contributed by atoms with Crippen molar-refractivity contribution in [3.05, 3.63) is 53.1 Å². The van der Waals surface area contributed by atoms with Crippen molar-refractivity contribution in [3.63, 3.8) is 0 Å². The van der Waals surface area contributed by atoms with Gasteiger partial charge in [0, 0.05) is 0 Å². The van der Waals surface area contributed by atoms with E-state index < -0.39 is 24.9 Å². The van der Waals surface area contributed by atoms with E-state index in [1.807, 2.05) is 0 Å². The van der Waals surface area contributed by atoms with Gasteiger partial charge in [-0.25, -0.2) is 16.8 Å². The van der Waals surface area contributed by atoms with Crippen LogP contribution >= 0.6 is 11.6 Å². The molecule has 0 radical (unpaired) electrons. The first-order valence-electron chi connectivity index (χ1n) is 5.61. The van der Waals surface area contributed by atoms with Crippen molar-refractivity contribution in [3.8, 4) is 0 Å². The van der Waals surface area contributed by atoms with Crippen LogP contribution < -0.4 is 59.1 Å². The van der Waals surface area contributed by atoms with E-state index in [9.17, 15) is 21.4 Å². The van der Waals surface area contributed by atoms with E-state index in [4.69, 9.17) is 11.6 Å². The molecule has 0 amide bonds. The molecule has 0 heterocycles. The second-order valence-corrected chi connectivity index (χ2v) is 7.96. The van der Waals surface area contributed by atoms with Crippen LogP contribution in [-0.4, -0.2) is 21.4 Å². The van der Waals surface area contributed by atoms with Gasteiger partial charge >= 0.3 is 59.1 Å². The standard InChI is InChI=1S/C13H10ClO5S2.2Na/c1-9-2-5-12(8-13(9)21(17,18)19)20(15,16)11-6-3-10(14)4-7-11;;/h2-3,5-8H,1H3,(H,17,18,19);;/q-1;2*+1/p-1. The molecule has 0 aromatic heterocycles. The van der Waals surface area contributed by atoms with Gasteiger partial charge in [0.05, 0.1) is 9.79 Å². The average molecular weight is 391 g/mol. The number of aryl methyl sites for hydroxylation is 1. The zero-order chi connectivity index (χ0) is 15.8. The molecule has 112 valence electrons. The molecule has 10 heteroatoms. The molecule has 0 aliphatic carbocycles. The van der Waals surface area contributed by atoms with Gasteiger partial charge in [-0.15, -0.1) is 11.6 Å². The van der Waals surface area contributed by atoms with Gasteiger partial charge in [-0.1, -0.05) is 11.1 Å². The molecular formula is C13H9ClNa2O5S2. The number of hydrogen-bond acceptors (Lipinski definition) is 5. The van der Waals surface area contributed by atoms with Crippen LogP contribution in [0.3, 0.4) is 0 Å². The van der Waals surface area contributed by atoms with Crippen molar-refractivity contribution in [2.24, 2.45) is 0 Å². The fourth-order valence-corrected chi connectivity index (χ4v) is 3.89. The Bertz CT molecular complexity index is 894. The third-order valence-corrected chi connectivity index (χ3v) is 5.76. The van der Waals surface area contributed by atoms with Crippen molar-refractivity contribution in [2.75, 3.05) is 0 Å². The van der Waals surface area contributed by atoms with Gasteiger partial charge in [0.2, 0.25) is 0 Å². The largest absolute Gasteiger partial charge is 1.00 e. The van der Waals surface area contributed by atoms with Crippen LogP contribution in [0.5, 0.6) is 0 Å². The first-order valence-corrected chi connectivity index (χ1v) is 8.88. The third kappa shape index (κ3) is 5.54. The monoisotopic (exact) mass is 390 g/mol. The summed E-state index contributed by atoms with van der Waals surface area (Å²) in [6, 6.07) is 9.74. The van der Waals surface area contributed by atoms with Crippen molar-refractivity contribution < 1.29 is 80.5 Å². The zero-order valence-electron chi connectivity index (χ0n) is 12.7. The Balaban J connectivity index is 0.00000242. The van der Waals surface area contributed by atoms with E-state index in [1.165, 1.54) is 37.3 Å². The molecule has 0 saturated heterocycles. The predicted octanol–water partition coefficient (Wildman–Crippen LogP) is -3.81. The van der Waals surface area contributed by atoms with Crippen LogP contribution in [0.2, 0.25) is 5.02 Å². The normalized spacial score (nSPS) is 11.3. The maximum Gasteiger partial charge on any atom is 1.00 e. The minimum Gasteiger partial charge on any atom is -0.744 e. The second kappa shape index (κ2) is 8.80. The van der Waals surface area contributed by atoms with Gasteiger partial charge in [0.25, 0.3) is 0 Å². The summed E-state index contributed by atoms with van der Waals surface area (Å²) in [7, 11) is -8.70. The number of hydrogen-bond donors (Lipinski definition) is 0.